The van der Waals surface area contributed by atoms with Gasteiger partial charge < -0.3 is 23.5 Å². The summed E-state index contributed by atoms with van der Waals surface area (Å²) in [4.78, 5) is 34.8. The molecule has 1 aliphatic rings. The van der Waals surface area contributed by atoms with E-state index in [1.165, 1.54) is 14.0 Å². The van der Waals surface area contributed by atoms with Crippen molar-refractivity contribution in [3.63, 3.8) is 0 Å². The number of benzene rings is 1. The Morgan fingerprint density at radius 3 is 2.03 bits per heavy atom. The first-order valence-corrected chi connectivity index (χ1v) is 11.3. The van der Waals surface area contributed by atoms with Gasteiger partial charge in [-0.1, -0.05) is 38.1 Å². The molecule has 0 radical (unpaired) electrons. The fourth-order valence-corrected chi connectivity index (χ4v) is 2.86. The van der Waals surface area contributed by atoms with E-state index >= 15 is 0 Å². The smallest absolute Gasteiger partial charge is 0.468 e. The largest absolute Gasteiger partial charge is 0.508 e. The van der Waals surface area contributed by atoms with Crippen LogP contribution < -0.4 is 5.46 Å². The average molecular weight is 464 g/mol. The number of hydrogen-bond acceptors (Lipinski definition) is 8. The van der Waals surface area contributed by atoms with E-state index < -0.39 is 36.4 Å². The lowest BCUT2D eigenvalue weighted by atomic mass is 9.79. The Morgan fingerprint density at radius 1 is 0.970 bits per heavy atom. The second kappa shape index (κ2) is 12.7. The number of carbonyl (C=O) groups excluding carboxylic acids is 3. The molecule has 0 amide bonds. The van der Waals surface area contributed by atoms with Crippen molar-refractivity contribution < 1.29 is 37.9 Å². The van der Waals surface area contributed by atoms with Crippen LogP contribution in [0.1, 0.15) is 66.9 Å². The second-order valence-electron chi connectivity index (χ2n) is 8.53. The number of methoxy groups -OCH3 is 1. The van der Waals surface area contributed by atoms with Crippen LogP contribution in [0.5, 0.6) is 0 Å². The van der Waals surface area contributed by atoms with Crippen molar-refractivity contribution in [2.45, 2.75) is 79.1 Å². The van der Waals surface area contributed by atoms with Gasteiger partial charge in [-0.15, -0.1) is 0 Å². The van der Waals surface area contributed by atoms with E-state index in [1.807, 2.05) is 65.8 Å². The Kier molecular flexibility index (Phi) is 11.1. The number of rotatable bonds is 9. The van der Waals surface area contributed by atoms with Crippen molar-refractivity contribution in [2.75, 3.05) is 13.7 Å². The zero-order chi connectivity index (χ0) is 25.2. The molecule has 1 unspecified atom stereocenters. The number of ketones is 1. The zero-order valence-electron chi connectivity index (χ0n) is 21.1. The minimum absolute atomic E-state index is 0.0271. The molecule has 0 aromatic heterocycles. The lowest BCUT2D eigenvalue weighted by Gasteiger charge is -2.32. The Hall–Kier alpha value is -2.39. The van der Waals surface area contributed by atoms with Gasteiger partial charge in [0.2, 0.25) is 0 Å². The van der Waals surface area contributed by atoms with Crippen LogP contribution in [0.2, 0.25) is 0 Å². The lowest BCUT2D eigenvalue weighted by molar-refractivity contribution is -0.148. The summed E-state index contributed by atoms with van der Waals surface area (Å²) in [5, 5.41) is 0. The molecule has 0 saturated carbocycles. The maximum atomic E-state index is 11.8. The van der Waals surface area contributed by atoms with Crippen LogP contribution in [-0.4, -0.2) is 49.9 Å². The summed E-state index contributed by atoms with van der Waals surface area (Å²) >= 11 is 0. The van der Waals surface area contributed by atoms with Gasteiger partial charge in [0.05, 0.1) is 24.9 Å². The van der Waals surface area contributed by atoms with E-state index in [0.29, 0.717) is 6.42 Å². The van der Waals surface area contributed by atoms with Gasteiger partial charge in [-0.3, -0.25) is 9.59 Å². The SMILES string of the molecule is CC.COC(=O)C(C)C(=O)CCCOC(=O)OCc1ccc(B2OC(C)(C)C(C)(C)O2)cc1. The second-order valence-corrected chi connectivity index (χ2v) is 8.53. The number of ether oxygens (including phenoxy) is 3. The minimum Gasteiger partial charge on any atom is -0.468 e. The van der Waals surface area contributed by atoms with Crippen molar-refractivity contribution in [3.05, 3.63) is 29.8 Å². The summed E-state index contributed by atoms with van der Waals surface area (Å²) in [6.07, 6.45) is -0.398. The van der Waals surface area contributed by atoms with E-state index in [9.17, 15) is 14.4 Å². The maximum Gasteiger partial charge on any atom is 0.508 e. The standard InChI is InChI=1S/C22H31BO8.C2H6/c1-15(19(25)27-6)18(24)8-7-13-28-20(26)29-14-16-9-11-17(12-10-16)23-30-21(2,3)22(4,5)31-23;1-2/h9-12,15H,7-8,13-14H2,1-6H3;1-2H3. The first-order chi connectivity index (χ1) is 15.5. The van der Waals surface area contributed by atoms with Crippen molar-refractivity contribution in [3.8, 4) is 0 Å². The molecule has 33 heavy (non-hydrogen) atoms. The molecule has 0 N–H and O–H groups in total. The molecule has 2 rings (SSSR count). The number of hydrogen-bond donors (Lipinski definition) is 0. The van der Waals surface area contributed by atoms with E-state index in [-0.39, 0.29) is 25.4 Å². The summed E-state index contributed by atoms with van der Waals surface area (Å²) in [7, 11) is 0.783. The van der Waals surface area contributed by atoms with Crippen LogP contribution in [0.3, 0.4) is 0 Å². The summed E-state index contributed by atoms with van der Waals surface area (Å²) in [5.41, 5.74) is 0.853. The summed E-state index contributed by atoms with van der Waals surface area (Å²) in [5.74, 6) is -1.65. The Bertz CT molecular complexity index is 772. The molecule has 9 heteroatoms. The number of Topliss-reactive ketones (excluding diaryl/α,β-unsaturated/α-hetero) is 1. The van der Waals surface area contributed by atoms with Gasteiger partial charge in [0.1, 0.15) is 18.3 Å². The van der Waals surface area contributed by atoms with Crippen LogP contribution in [0.4, 0.5) is 4.79 Å². The maximum absolute atomic E-state index is 11.8. The van der Waals surface area contributed by atoms with Crippen LogP contribution in [0, 0.1) is 5.92 Å². The Morgan fingerprint density at radius 2 is 1.52 bits per heavy atom. The third kappa shape index (κ3) is 8.16. The summed E-state index contributed by atoms with van der Waals surface area (Å²) < 4.78 is 26.6. The van der Waals surface area contributed by atoms with Gasteiger partial charge in [0.15, 0.2) is 0 Å². The molecule has 1 fully saturated rings. The molecular weight excluding hydrogens is 427 g/mol. The molecule has 184 valence electrons. The molecule has 1 saturated heterocycles. The van der Waals surface area contributed by atoms with E-state index in [0.717, 1.165) is 11.0 Å². The van der Waals surface area contributed by atoms with E-state index in [2.05, 4.69) is 4.74 Å². The molecule has 8 nitrogen and oxygen atoms in total. The number of esters is 1. The highest BCUT2D eigenvalue weighted by Gasteiger charge is 2.51. The predicted molar refractivity (Wildman–Crippen MR) is 125 cm³/mol. The Balaban J connectivity index is 0.00000265. The normalized spacial score (nSPS) is 16.8. The van der Waals surface area contributed by atoms with Gasteiger partial charge >= 0.3 is 19.2 Å². The first kappa shape index (κ1) is 28.6. The van der Waals surface area contributed by atoms with Crippen LogP contribution in [0.25, 0.3) is 0 Å². The van der Waals surface area contributed by atoms with Gasteiger partial charge in [-0.25, -0.2) is 4.79 Å². The molecule has 0 spiro atoms. The van der Waals surface area contributed by atoms with Crippen LogP contribution in [-0.2, 0) is 39.7 Å². The summed E-state index contributed by atoms with van der Waals surface area (Å²) in [6.45, 7) is 13.6. The van der Waals surface area contributed by atoms with E-state index in [1.54, 1.807) is 0 Å². The van der Waals surface area contributed by atoms with Gasteiger partial charge in [-0.2, -0.15) is 0 Å². The van der Waals surface area contributed by atoms with Gasteiger partial charge in [0, 0.05) is 6.42 Å². The predicted octanol–water partition coefficient (Wildman–Crippen LogP) is 3.82. The number of carbonyl (C=O) groups is 3. The molecule has 0 bridgehead atoms. The van der Waals surface area contributed by atoms with Crippen LogP contribution in [0.15, 0.2) is 24.3 Å². The Labute approximate surface area is 197 Å². The molecule has 1 heterocycles. The van der Waals surface area contributed by atoms with Crippen molar-refractivity contribution >= 4 is 30.5 Å². The van der Waals surface area contributed by atoms with E-state index in [4.69, 9.17) is 18.8 Å². The molecule has 1 atom stereocenters. The average Bonchev–Trinajstić information content (AvgIpc) is 3.02. The highest BCUT2D eigenvalue weighted by molar-refractivity contribution is 6.62. The van der Waals surface area contributed by atoms with Gasteiger partial charge in [0.25, 0.3) is 0 Å². The lowest BCUT2D eigenvalue weighted by Crippen LogP contribution is -2.41. The zero-order valence-corrected chi connectivity index (χ0v) is 21.1. The minimum atomic E-state index is -0.822. The quantitative estimate of drug-likeness (QED) is 0.236. The van der Waals surface area contributed by atoms with Crippen molar-refractivity contribution in [1.29, 1.82) is 0 Å². The molecule has 1 aromatic rings. The summed E-state index contributed by atoms with van der Waals surface area (Å²) in [6, 6.07) is 7.42. The fraction of sp³-hybridized carbons (Fsp3) is 0.625. The monoisotopic (exact) mass is 464 g/mol. The van der Waals surface area contributed by atoms with Crippen LogP contribution >= 0.6 is 0 Å². The topological polar surface area (TPSA) is 97.4 Å². The third-order valence-corrected chi connectivity index (χ3v) is 5.69. The van der Waals surface area contributed by atoms with Crippen molar-refractivity contribution in [1.82, 2.24) is 0 Å². The third-order valence-electron chi connectivity index (χ3n) is 5.69. The molecule has 0 aliphatic carbocycles. The fourth-order valence-electron chi connectivity index (χ4n) is 2.86. The van der Waals surface area contributed by atoms with Gasteiger partial charge in [-0.05, 0) is 52.1 Å². The molecular formula is C24H37BO8. The highest BCUT2D eigenvalue weighted by atomic mass is 16.7. The first-order valence-electron chi connectivity index (χ1n) is 11.3. The highest BCUT2D eigenvalue weighted by Crippen LogP contribution is 2.36. The van der Waals surface area contributed by atoms with Crippen molar-refractivity contribution in [2.24, 2.45) is 5.92 Å². The molecule has 1 aromatic carbocycles. The molecule has 1 aliphatic heterocycles.